The number of carbonyl (C=O) groups is 3. The van der Waals surface area contributed by atoms with Crippen molar-refractivity contribution in [2.45, 2.75) is 6.42 Å². The van der Waals surface area contributed by atoms with Crippen molar-refractivity contribution in [2.75, 3.05) is 26.0 Å². The van der Waals surface area contributed by atoms with E-state index >= 15 is 0 Å². The van der Waals surface area contributed by atoms with Crippen molar-refractivity contribution in [1.82, 2.24) is 4.90 Å². The summed E-state index contributed by atoms with van der Waals surface area (Å²) in [4.78, 5) is 35.4. The van der Waals surface area contributed by atoms with E-state index in [-0.39, 0.29) is 24.2 Å². The zero-order valence-corrected chi connectivity index (χ0v) is 13.1. The van der Waals surface area contributed by atoms with Gasteiger partial charge >= 0.3 is 18.0 Å². The minimum Gasteiger partial charge on any atom is -0.478 e. The lowest BCUT2D eigenvalue weighted by molar-refractivity contribution is -0.140. The number of para-hydroxylation sites is 1. The van der Waals surface area contributed by atoms with Gasteiger partial charge in [0.25, 0.3) is 0 Å². The molecule has 0 bridgehead atoms. The van der Waals surface area contributed by atoms with E-state index in [1.165, 1.54) is 25.1 Å². The van der Waals surface area contributed by atoms with Crippen molar-refractivity contribution >= 4 is 39.6 Å². The average Bonchev–Trinajstić information content (AvgIpc) is 2.45. The molecule has 1 aromatic rings. The van der Waals surface area contributed by atoms with Crippen molar-refractivity contribution in [2.24, 2.45) is 0 Å². The van der Waals surface area contributed by atoms with Gasteiger partial charge in [0.1, 0.15) is 0 Å². The number of carboxylic acid groups (broad SMARTS) is 1. The van der Waals surface area contributed by atoms with Crippen LogP contribution in [0.4, 0.5) is 10.5 Å². The number of esters is 1. The van der Waals surface area contributed by atoms with E-state index in [9.17, 15) is 14.4 Å². The maximum absolute atomic E-state index is 12.0. The Balaban J connectivity index is 2.79. The van der Waals surface area contributed by atoms with Gasteiger partial charge in [0.15, 0.2) is 0 Å². The van der Waals surface area contributed by atoms with E-state index in [1.54, 1.807) is 12.1 Å². The molecule has 2 amide bonds. The van der Waals surface area contributed by atoms with Crippen molar-refractivity contribution in [3.8, 4) is 0 Å². The van der Waals surface area contributed by atoms with Crippen LogP contribution in [0.25, 0.3) is 0 Å². The largest absolute Gasteiger partial charge is 0.478 e. The fourth-order valence-corrected chi connectivity index (χ4v) is 1.96. The molecule has 1 aromatic carbocycles. The van der Waals surface area contributed by atoms with Crippen molar-refractivity contribution in [3.05, 3.63) is 28.2 Å². The number of aromatic carboxylic acids is 1. The predicted molar refractivity (Wildman–Crippen MR) is 79.4 cm³/mol. The predicted octanol–water partition coefficient (Wildman–Crippen LogP) is 2.17. The number of anilines is 1. The van der Waals surface area contributed by atoms with Gasteiger partial charge in [-0.3, -0.25) is 4.79 Å². The second-order valence-electron chi connectivity index (χ2n) is 4.15. The first-order valence-electron chi connectivity index (χ1n) is 5.97. The molecule has 0 aliphatic carbocycles. The highest BCUT2D eigenvalue weighted by Crippen LogP contribution is 2.26. The van der Waals surface area contributed by atoms with Gasteiger partial charge < -0.3 is 20.1 Å². The zero-order valence-electron chi connectivity index (χ0n) is 11.6. The van der Waals surface area contributed by atoms with Gasteiger partial charge in [-0.2, -0.15) is 0 Å². The Morgan fingerprint density at radius 3 is 2.62 bits per heavy atom. The number of hydrogen-bond acceptors (Lipinski definition) is 4. The van der Waals surface area contributed by atoms with Gasteiger partial charge in [-0.25, -0.2) is 9.59 Å². The maximum Gasteiger partial charge on any atom is 0.337 e. The average molecular weight is 359 g/mol. The summed E-state index contributed by atoms with van der Waals surface area (Å²) in [6.07, 6.45) is 0.0577. The third kappa shape index (κ3) is 4.75. The number of halogens is 1. The summed E-state index contributed by atoms with van der Waals surface area (Å²) in [7, 11) is 2.76. The maximum atomic E-state index is 12.0. The van der Waals surface area contributed by atoms with Gasteiger partial charge in [-0.05, 0) is 28.1 Å². The summed E-state index contributed by atoms with van der Waals surface area (Å²) in [5.74, 6) is -1.58. The van der Waals surface area contributed by atoms with Crippen molar-refractivity contribution in [3.63, 3.8) is 0 Å². The number of carbonyl (C=O) groups excluding carboxylic acids is 2. The fraction of sp³-hybridized carbons (Fsp3) is 0.308. The van der Waals surface area contributed by atoms with Crippen molar-refractivity contribution in [1.29, 1.82) is 0 Å². The van der Waals surface area contributed by atoms with E-state index in [1.807, 2.05) is 0 Å². The molecule has 0 aliphatic heterocycles. The van der Waals surface area contributed by atoms with Crippen LogP contribution in [0.5, 0.6) is 0 Å². The van der Waals surface area contributed by atoms with Crippen LogP contribution in [0.2, 0.25) is 0 Å². The highest BCUT2D eigenvalue weighted by Gasteiger charge is 2.17. The Kier molecular flexibility index (Phi) is 6.16. The summed E-state index contributed by atoms with van der Waals surface area (Å²) in [6, 6.07) is 4.05. The summed E-state index contributed by atoms with van der Waals surface area (Å²) < 4.78 is 4.94. The van der Waals surface area contributed by atoms with Gasteiger partial charge in [0, 0.05) is 18.1 Å². The Bertz CT molecular complexity index is 561. The molecule has 114 valence electrons. The number of benzene rings is 1. The number of urea groups is 1. The summed E-state index contributed by atoms with van der Waals surface area (Å²) in [5.41, 5.74) is 0.138. The van der Waals surface area contributed by atoms with Gasteiger partial charge in [-0.15, -0.1) is 0 Å². The topological polar surface area (TPSA) is 95.9 Å². The van der Waals surface area contributed by atoms with E-state index < -0.39 is 18.0 Å². The lowest BCUT2D eigenvalue weighted by Gasteiger charge is -2.18. The number of amides is 2. The van der Waals surface area contributed by atoms with E-state index in [0.717, 1.165) is 0 Å². The van der Waals surface area contributed by atoms with Crippen LogP contribution in [-0.2, 0) is 9.53 Å². The first-order valence-corrected chi connectivity index (χ1v) is 6.76. The zero-order chi connectivity index (χ0) is 16.0. The monoisotopic (exact) mass is 358 g/mol. The molecule has 0 unspecified atom stereocenters. The number of carboxylic acids is 1. The molecule has 0 saturated heterocycles. The van der Waals surface area contributed by atoms with Gasteiger partial charge in [-0.1, -0.05) is 6.07 Å². The molecule has 2 N–H and O–H groups in total. The molecule has 1 rings (SSSR count). The molecule has 8 heteroatoms. The molecular formula is C13H15BrN2O5. The van der Waals surface area contributed by atoms with Crippen molar-refractivity contribution < 1.29 is 24.2 Å². The Hall–Kier alpha value is -2.09. The Morgan fingerprint density at radius 2 is 2.05 bits per heavy atom. The van der Waals surface area contributed by atoms with E-state index in [4.69, 9.17) is 5.11 Å². The molecule has 0 radical (unpaired) electrons. The van der Waals surface area contributed by atoms with Crippen LogP contribution in [0, 0.1) is 0 Å². The highest BCUT2D eigenvalue weighted by molar-refractivity contribution is 9.10. The summed E-state index contributed by atoms with van der Waals surface area (Å²) >= 11 is 3.20. The summed E-state index contributed by atoms with van der Waals surface area (Å²) in [5, 5.41) is 11.6. The molecule has 21 heavy (non-hydrogen) atoms. The number of ether oxygens (including phenoxy) is 1. The third-order valence-corrected chi connectivity index (χ3v) is 3.36. The van der Waals surface area contributed by atoms with Gasteiger partial charge in [0.05, 0.1) is 24.8 Å². The minimum atomic E-state index is -1.15. The Morgan fingerprint density at radius 1 is 1.38 bits per heavy atom. The third-order valence-electron chi connectivity index (χ3n) is 2.70. The molecular weight excluding hydrogens is 344 g/mol. The minimum absolute atomic E-state index is 0.0286. The highest BCUT2D eigenvalue weighted by atomic mass is 79.9. The lowest BCUT2D eigenvalue weighted by atomic mass is 10.2. The normalized spacial score (nSPS) is 9.86. The SMILES string of the molecule is COC(=O)CCN(C)C(=O)Nc1c(Br)cccc1C(=O)O. The molecule has 0 spiro atoms. The number of rotatable bonds is 5. The van der Waals surface area contributed by atoms with Crippen LogP contribution in [0.3, 0.4) is 0 Å². The second kappa shape index (κ2) is 7.63. The molecule has 0 fully saturated rings. The molecule has 0 aromatic heterocycles. The standard InChI is InChI=1S/C13H15BrN2O5/c1-16(7-6-10(17)21-2)13(20)15-11-8(12(18)19)4-3-5-9(11)14/h3-5H,6-7H2,1-2H3,(H,15,20)(H,18,19). The molecule has 0 aliphatic rings. The number of nitrogens with zero attached hydrogens (tertiary/aromatic N) is 1. The quantitative estimate of drug-likeness (QED) is 0.786. The van der Waals surface area contributed by atoms with Crippen LogP contribution < -0.4 is 5.32 Å². The molecule has 7 nitrogen and oxygen atoms in total. The first-order chi connectivity index (χ1) is 9.86. The fourth-order valence-electron chi connectivity index (χ4n) is 1.49. The lowest BCUT2D eigenvalue weighted by Crippen LogP contribution is -2.33. The first kappa shape index (κ1) is 17.0. The van der Waals surface area contributed by atoms with Crippen LogP contribution in [-0.4, -0.2) is 48.7 Å². The van der Waals surface area contributed by atoms with E-state index in [2.05, 4.69) is 26.0 Å². The number of nitrogens with one attached hydrogen (secondary N) is 1. The second-order valence-corrected chi connectivity index (χ2v) is 5.00. The van der Waals surface area contributed by atoms with Gasteiger partial charge in [0.2, 0.25) is 0 Å². The van der Waals surface area contributed by atoms with Crippen LogP contribution in [0.1, 0.15) is 16.8 Å². The Labute approximate surface area is 130 Å². The molecule has 0 heterocycles. The number of hydrogen-bond donors (Lipinski definition) is 2. The summed E-state index contributed by atoms with van der Waals surface area (Å²) in [6.45, 7) is 0.158. The smallest absolute Gasteiger partial charge is 0.337 e. The molecule has 0 saturated carbocycles. The number of methoxy groups -OCH3 is 1. The van der Waals surface area contributed by atoms with E-state index in [0.29, 0.717) is 4.47 Å². The van der Waals surface area contributed by atoms with Crippen LogP contribution >= 0.6 is 15.9 Å². The van der Waals surface area contributed by atoms with Crippen LogP contribution in [0.15, 0.2) is 22.7 Å². The molecule has 0 atom stereocenters.